The summed E-state index contributed by atoms with van der Waals surface area (Å²) in [6.07, 6.45) is 0.956. The standard InChI is InChI=1S/C22H28N6O2S/c1-16-25-26-21(28(16)3)14-24-22(23-9-8-18-5-4-12-31-18)27(2)15-17-6-7-19-20(13-17)30-11-10-29-19/h4-7,12-13H,8-11,14-15H2,1-3H3,(H,23,24). The Hall–Kier alpha value is -3.07. The van der Waals surface area contributed by atoms with Crippen LogP contribution in [0.2, 0.25) is 0 Å². The van der Waals surface area contributed by atoms with Crippen molar-refractivity contribution in [3.63, 3.8) is 0 Å². The van der Waals surface area contributed by atoms with Crippen LogP contribution in [-0.4, -0.2) is 52.4 Å². The number of thiophene rings is 1. The van der Waals surface area contributed by atoms with Gasteiger partial charge in [0.1, 0.15) is 25.6 Å². The smallest absolute Gasteiger partial charge is 0.194 e. The van der Waals surface area contributed by atoms with E-state index in [2.05, 4.69) is 44.0 Å². The molecule has 1 aliphatic heterocycles. The summed E-state index contributed by atoms with van der Waals surface area (Å²) in [7, 11) is 4.00. The van der Waals surface area contributed by atoms with Gasteiger partial charge < -0.3 is 24.3 Å². The van der Waals surface area contributed by atoms with Crippen molar-refractivity contribution < 1.29 is 9.47 Å². The summed E-state index contributed by atoms with van der Waals surface area (Å²) in [6.45, 7) is 5.08. The number of nitrogens with zero attached hydrogens (tertiary/aromatic N) is 5. The number of guanidine groups is 1. The van der Waals surface area contributed by atoms with E-state index in [4.69, 9.17) is 14.5 Å². The van der Waals surface area contributed by atoms with Crippen LogP contribution in [0.5, 0.6) is 11.5 Å². The molecule has 3 heterocycles. The van der Waals surface area contributed by atoms with Gasteiger partial charge in [0.25, 0.3) is 0 Å². The fraction of sp³-hybridized carbons (Fsp3) is 0.409. The summed E-state index contributed by atoms with van der Waals surface area (Å²) < 4.78 is 13.3. The molecule has 8 nitrogen and oxygen atoms in total. The van der Waals surface area contributed by atoms with Crippen LogP contribution < -0.4 is 14.8 Å². The monoisotopic (exact) mass is 440 g/mol. The topological polar surface area (TPSA) is 76.8 Å². The fourth-order valence-corrected chi connectivity index (χ4v) is 4.04. The number of ether oxygens (including phenoxy) is 2. The Morgan fingerprint density at radius 3 is 2.81 bits per heavy atom. The Balaban J connectivity index is 1.46. The third-order valence-electron chi connectivity index (χ3n) is 5.18. The minimum atomic E-state index is 0.462. The number of hydrogen-bond donors (Lipinski definition) is 1. The maximum atomic E-state index is 5.73. The van der Waals surface area contributed by atoms with Crippen LogP contribution in [0.3, 0.4) is 0 Å². The SMILES string of the molecule is Cc1nnc(CN=C(NCCc2cccs2)N(C)Cc2ccc3c(c2)OCCO3)n1C. The Bertz CT molecular complexity index is 1030. The van der Waals surface area contributed by atoms with Gasteiger partial charge in [-0.1, -0.05) is 12.1 Å². The van der Waals surface area contributed by atoms with E-state index in [-0.39, 0.29) is 0 Å². The summed E-state index contributed by atoms with van der Waals surface area (Å²) in [6, 6.07) is 10.3. The van der Waals surface area contributed by atoms with E-state index in [1.54, 1.807) is 11.3 Å². The summed E-state index contributed by atoms with van der Waals surface area (Å²) in [5.74, 6) is 4.14. The lowest BCUT2D eigenvalue weighted by molar-refractivity contribution is 0.171. The van der Waals surface area contributed by atoms with E-state index < -0.39 is 0 Å². The molecule has 1 aromatic carbocycles. The molecule has 2 aromatic heterocycles. The van der Waals surface area contributed by atoms with Gasteiger partial charge in [-0.3, -0.25) is 0 Å². The van der Waals surface area contributed by atoms with Gasteiger partial charge in [0.05, 0.1) is 0 Å². The molecule has 4 rings (SSSR count). The quantitative estimate of drug-likeness (QED) is 0.450. The van der Waals surface area contributed by atoms with Crippen molar-refractivity contribution in [1.82, 2.24) is 25.0 Å². The summed E-state index contributed by atoms with van der Waals surface area (Å²) in [5, 5.41) is 14.0. The van der Waals surface area contributed by atoms with E-state index in [9.17, 15) is 0 Å². The van der Waals surface area contributed by atoms with Crippen molar-refractivity contribution >= 4 is 17.3 Å². The normalized spacial score (nSPS) is 13.3. The molecule has 0 fully saturated rings. The van der Waals surface area contributed by atoms with E-state index >= 15 is 0 Å². The van der Waals surface area contributed by atoms with Crippen LogP contribution in [0.1, 0.15) is 22.1 Å². The van der Waals surface area contributed by atoms with Crippen molar-refractivity contribution in [1.29, 1.82) is 0 Å². The number of nitrogens with one attached hydrogen (secondary N) is 1. The minimum Gasteiger partial charge on any atom is -0.486 e. The molecule has 0 amide bonds. The Morgan fingerprint density at radius 2 is 2.06 bits per heavy atom. The van der Waals surface area contributed by atoms with Gasteiger partial charge in [-0.05, 0) is 42.5 Å². The second kappa shape index (κ2) is 9.82. The lowest BCUT2D eigenvalue weighted by Gasteiger charge is -2.24. The lowest BCUT2D eigenvalue weighted by Crippen LogP contribution is -2.39. The van der Waals surface area contributed by atoms with Crippen molar-refractivity contribution in [2.45, 2.75) is 26.4 Å². The number of aryl methyl sites for hydroxylation is 1. The van der Waals surface area contributed by atoms with Crippen LogP contribution in [0.4, 0.5) is 0 Å². The Labute approximate surface area is 186 Å². The Kier molecular flexibility index (Phi) is 6.71. The second-order valence-corrected chi connectivity index (χ2v) is 8.48. The number of benzene rings is 1. The van der Waals surface area contributed by atoms with Crippen LogP contribution in [0, 0.1) is 6.92 Å². The van der Waals surface area contributed by atoms with Gasteiger partial charge in [0.2, 0.25) is 0 Å². The zero-order valence-corrected chi connectivity index (χ0v) is 19.0. The molecule has 1 N–H and O–H groups in total. The number of hydrogen-bond acceptors (Lipinski definition) is 6. The molecule has 0 unspecified atom stereocenters. The van der Waals surface area contributed by atoms with Crippen molar-refractivity contribution in [2.75, 3.05) is 26.8 Å². The van der Waals surface area contributed by atoms with E-state index in [1.165, 1.54) is 4.88 Å². The second-order valence-electron chi connectivity index (χ2n) is 7.45. The molecule has 3 aromatic rings. The van der Waals surface area contributed by atoms with E-state index in [1.807, 2.05) is 37.7 Å². The average Bonchev–Trinajstić information content (AvgIpc) is 3.41. The maximum absolute atomic E-state index is 5.73. The summed E-state index contributed by atoms with van der Waals surface area (Å²) in [4.78, 5) is 8.29. The zero-order valence-electron chi connectivity index (χ0n) is 18.2. The predicted octanol–water partition coefficient (Wildman–Crippen LogP) is 2.78. The third-order valence-corrected chi connectivity index (χ3v) is 6.11. The highest BCUT2D eigenvalue weighted by Gasteiger charge is 2.14. The Morgan fingerprint density at radius 1 is 1.23 bits per heavy atom. The molecule has 31 heavy (non-hydrogen) atoms. The highest BCUT2D eigenvalue weighted by Crippen LogP contribution is 2.31. The molecule has 0 radical (unpaired) electrons. The van der Waals surface area contributed by atoms with Gasteiger partial charge in [-0.25, -0.2) is 4.99 Å². The molecule has 0 aliphatic carbocycles. The van der Waals surface area contributed by atoms with Crippen LogP contribution in [-0.2, 0) is 26.6 Å². The number of aliphatic imine (C=N–C) groups is 1. The fourth-order valence-electron chi connectivity index (χ4n) is 3.33. The third kappa shape index (κ3) is 5.35. The minimum absolute atomic E-state index is 0.462. The van der Waals surface area contributed by atoms with Gasteiger partial charge in [0, 0.05) is 32.1 Å². The van der Waals surface area contributed by atoms with Gasteiger partial charge in [-0.2, -0.15) is 0 Å². The number of fused-ring (bicyclic) bond motifs is 1. The summed E-state index contributed by atoms with van der Waals surface area (Å²) in [5.41, 5.74) is 1.13. The lowest BCUT2D eigenvalue weighted by atomic mass is 10.2. The molecule has 0 bridgehead atoms. The first kappa shape index (κ1) is 21.2. The van der Waals surface area contributed by atoms with Crippen LogP contribution in [0.25, 0.3) is 0 Å². The first-order valence-electron chi connectivity index (χ1n) is 10.4. The molecule has 1 aliphatic rings. The first-order valence-corrected chi connectivity index (χ1v) is 11.2. The highest BCUT2D eigenvalue weighted by atomic mass is 32.1. The van der Waals surface area contributed by atoms with Gasteiger partial charge in [-0.15, -0.1) is 21.5 Å². The molecule has 0 spiro atoms. The van der Waals surface area contributed by atoms with Crippen molar-refractivity contribution in [3.8, 4) is 11.5 Å². The molecular formula is C22H28N6O2S. The van der Waals surface area contributed by atoms with E-state index in [0.29, 0.717) is 26.3 Å². The molecule has 0 saturated carbocycles. The molecule has 164 valence electrons. The van der Waals surface area contributed by atoms with Gasteiger partial charge in [0.15, 0.2) is 23.3 Å². The van der Waals surface area contributed by atoms with Crippen LogP contribution >= 0.6 is 11.3 Å². The maximum Gasteiger partial charge on any atom is 0.194 e. The number of aromatic nitrogens is 3. The largest absolute Gasteiger partial charge is 0.486 e. The van der Waals surface area contributed by atoms with Crippen LogP contribution in [0.15, 0.2) is 40.7 Å². The highest BCUT2D eigenvalue weighted by molar-refractivity contribution is 7.09. The average molecular weight is 441 g/mol. The van der Waals surface area contributed by atoms with Gasteiger partial charge >= 0.3 is 0 Å². The predicted molar refractivity (Wildman–Crippen MR) is 122 cm³/mol. The molecular weight excluding hydrogens is 412 g/mol. The summed E-state index contributed by atoms with van der Waals surface area (Å²) >= 11 is 1.77. The van der Waals surface area contributed by atoms with Crippen molar-refractivity contribution in [3.05, 3.63) is 57.8 Å². The number of rotatable bonds is 7. The zero-order chi connectivity index (χ0) is 21.6. The van der Waals surface area contributed by atoms with E-state index in [0.717, 1.165) is 47.6 Å². The molecule has 0 atom stereocenters. The first-order chi connectivity index (χ1) is 15.1. The van der Waals surface area contributed by atoms with Crippen molar-refractivity contribution in [2.24, 2.45) is 12.0 Å². The molecule has 9 heteroatoms. The molecule has 0 saturated heterocycles.